The standard InChI is InChI=1S/C10H7F3N4S/c11-10(12,13)8-15-16-9(18)17(8)14-6-7-4-2-1-3-5-7/h1-6H,(H,16,18)/b14-6+. The predicted molar refractivity (Wildman–Crippen MR) is 61.8 cm³/mol. The number of hydrogen-bond donors (Lipinski definition) is 1. The van der Waals surface area contributed by atoms with E-state index in [4.69, 9.17) is 0 Å². The van der Waals surface area contributed by atoms with Crippen LogP contribution in [0.3, 0.4) is 0 Å². The van der Waals surface area contributed by atoms with Crippen molar-refractivity contribution in [1.82, 2.24) is 14.9 Å². The van der Waals surface area contributed by atoms with Crippen molar-refractivity contribution in [3.8, 4) is 0 Å². The summed E-state index contributed by atoms with van der Waals surface area (Å²) in [6.07, 6.45) is -3.33. The van der Waals surface area contributed by atoms with Crippen LogP contribution in [-0.4, -0.2) is 21.1 Å². The summed E-state index contributed by atoms with van der Waals surface area (Å²) in [5, 5.41) is 8.84. The topological polar surface area (TPSA) is 46.0 Å². The van der Waals surface area contributed by atoms with Gasteiger partial charge in [0.2, 0.25) is 4.77 Å². The van der Waals surface area contributed by atoms with Crippen LogP contribution in [0.2, 0.25) is 0 Å². The highest BCUT2D eigenvalue weighted by molar-refractivity contribution is 7.71. The molecule has 0 saturated carbocycles. The molecule has 8 heteroatoms. The number of alkyl halides is 3. The second kappa shape index (κ2) is 4.73. The van der Waals surface area contributed by atoms with E-state index in [9.17, 15) is 13.2 Å². The average Bonchev–Trinajstić information content (AvgIpc) is 2.69. The third kappa shape index (κ3) is 2.65. The van der Waals surface area contributed by atoms with Gasteiger partial charge in [-0.3, -0.25) is 0 Å². The first-order valence-corrected chi connectivity index (χ1v) is 5.23. The van der Waals surface area contributed by atoms with Crippen molar-refractivity contribution in [2.75, 3.05) is 0 Å². The Balaban J connectivity index is 2.38. The van der Waals surface area contributed by atoms with Gasteiger partial charge in [0.1, 0.15) is 0 Å². The average molecular weight is 272 g/mol. The van der Waals surface area contributed by atoms with Crippen molar-refractivity contribution >= 4 is 18.4 Å². The number of nitrogens with zero attached hydrogens (tertiary/aromatic N) is 3. The Kier molecular flexibility index (Phi) is 3.28. The summed E-state index contributed by atoms with van der Waals surface area (Å²) >= 11 is 4.69. The van der Waals surface area contributed by atoms with E-state index in [-0.39, 0.29) is 4.77 Å². The molecule has 0 bridgehead atoms. The van der Waals surface area contributed by atoms with Gasteiger partial charge in [0.25, 0.3) is 5.82 Å². The van der Waals surface area contributed by atoms with Gasteiger partial charge in [-0.1, -0.05) is 30.3 Å². The lowest BCUT2D eigenvalue weighted by molar-refractivity contribution is -0.147. The summed E-state index contributed by atoms with van der Waals surface area (Å²) in [6.45, 7) is 0. The lowest BCUT2D eigenvalue weighted by atomic mass is 10.2. The van der Waals surface area contributed by atoms with E-state index < -0.39 is 12.0 Å². The fraction of sp³-hybridized carbons (Fsp3) is 0.100. The predicted octanol–water partition coefficient (Wildman–Crippen LogP) is 2.84. The Morgan fingerprint density at radius 3 is 2.56 bits per heavy atom. The number of rotatable bonds is 2. The van der Waals surface area contributed by atoms with Gasteiger partial charge in [-0.25, -0.2) is 5.10 Å². The number of halogens is 3. The third-order valence-electron chi connectivity index (χ3n) is 2.03. The smallest absolute Gasteiger partial charge is 0.250 e. The van der Waals surface area contributed by atoms with Crippen LogP contribution in [0.4, 0.5) is 13.2 Å². The Labute approximate surface area is 105 Å². The number of hydrogen-bond acceptors (Lipinski definition) is 3. The Hall–Kier alpha value is -1.96. The molecule has 0 aliphatic carbocycles. The highest BCUT2D eigenvalue weighted by Crippen LogP contribution is 2.27. The van der Waals surface area contributed by atoms with E-state index in [1.165, 1.54) is 6.21 Å². The molecule has 0 unspecified atom stereocenters. The molecule has 18 heavy (non-hydrogen) atoms. The number of H-pyrrole nitrogens is 1. The summed E-state index contributed by atoms with van der Waals surface area (Å²) in [7, 11) is 0. The summed E-state index contributed by atoms with van der Waals surface area (Å²) in [5.41, 5.74) is 0.661. The second-order valence-corrected chi connectivity index (χ2v) is 3.70. The maximum Gasteiger partial charge on any atom is 0.453 e. The first-order valence-electron chi connectivity index (χ1n) is 4.82. The molecule has 2 rings (SSSR count). The fourth-order valence-corrected chi connectivity index (χ4v) is 1.43. The lowest BCUT2D eigenvalue weighted by Crippen LogP contribution is -2.12. The molecule has 94 valence electrons. The van der Waals surface area contributed by atoms with Gasteiger partial charge < -0.3 is 0 Å². The number of benzene rings is 1. The summed E-state index contributed by atoms with van der Waals surface area (Å²) in [4.78, 5) is 0. The summed E-state index contributed by atoms with van der Waals surface area (Å²) in [5.74, 6) is -1.18. The summed E-state index contributed by atoms with van der Waals surface area (Å²) < 4.78 is 38.0. The van der Waals surface area contributed by atoms with E-state index >= 15 is 0 Å². The fourth-order valence-electron chi connectivity index (χ4n) is 1.25. The largest absolute Gasteiger partial charge is 0.453 e. The zero-order valence-corrected chi connectivity index (χ0v) is 9.66. The molecule has 4 nitrogen and oxygen atoms in total. The van der Waals surface area contributed by atoms with Gasteiger partial charge in [0.05, 0.1) is 6.21 Å². The molecular formula is C10H7F3N4S. The molecule has 1 aromatic heterocycles. The van der Waals surface area contributed by atoms with E-state index in [1.807, 2.05) is 0 Å². The van der Waals surface area contributed by atoms with Crippen molar-refractivity contribution in [3.63, 3.8) is 0 Å². The van der Waals surface area contributed by atoms with Gasteiger partial charge in [-0.05, 0) is 17.8 Å². The van der Waals surface area contributed by atoms with Crippen LogP contribution in [-0.2, 0) is 6.18 Å². The van der Waals surface area contributed by atoms with Crippen molar-refractivity contribution < 1.29 is 13.2 Å². The van der Waals surface area contributed by atoms with Crippen LogP contribution in [0.25, 0.3) is 0 Å². The molecule has 1 aromatic carbocycles. The molecule has 1 N–H and O–H groups in total. The van der Waals surface area contributed by atoms with Crippen LogP contribution < -0.4 is 0 Å². The molecule has 0 radical (unpaired) electrons. The highest BCUT2D eigenvalue weighted by Gasteiger charge is 2.37. The first-order chi connectivity index (χ1) is 8.48. The van der Waals surface area contributed by atoms with Crippen LogP contribution in [0.5, 0.6) is 0 Å². The quantitative estimate of drug-likeness (QED) is 0.675. The van der Waals surface area contributed by atoms with Crippen LogP contribution in [0, 0.1) is 4.77 Å². The number of nitrogens with one attached hydrogen (secondary N) is 1. The number of aromatic amines is 1. The molecule has 2 aromatic rings. The van der Waals surface area contributed by atoms with E-state index in [0.29, 0.717) is 10.2 Å². The van der Waals surface area contributed by atoms with Gasteiger partial charge in [-0.2, -0.15) is 22.9 Å². The zero-order valence-electron chi connectivity index (χ0n) is 8.85. The first kappa shape index (κ1) is 12.5. The van der Waals surface area contributed by atoms with Crippen LogP contribution >= 0.6 is 12.2 Å². The van der Waals surface area contributed by atoms with Gasteiger partial charge >= 0.3 is 6.18 Å². The van der Waals surface area contributed by atoms with Gasteiger partial charge in [0, 0.05) is 0 Å². The van der Waals surface area contributed by atoms with Gasteiger partial charge in [-0.15, -0.1) is 5.10 Å². The monoisotopic (exact) mass is 272 g/mol. The molecule has 0 fully saturated rings. The van der Waals surface area contributed by atoms with Crippen LogP contribution in [0.15, 0.2) is 35.4 Å². The zero-order chi connectivity index (χ0) is 13.2. The molecule has 0 atom stereocenters. The van der Waals surface area contributed by atoms with Gasteiger partial charge in [0.15, 0.2) is 0 Å². The Morgan fingerprint density at radius 2 is 1.94 bits per heavy atom. The minimum Gasteiger partial charge on any atom is -0.250 e. The van der Waals surface area contributed by atoms with Crippen LogP contribution in [0.1, 0.15) is 11.4 Å². The SMILES string of the molecule is FC(F)(F)c1n[nH]c(=S)n1/N=C/c1ccccc1. The number of aromatic nitrogens is 3. The Bertz CT molecular complexity index is 612. The molecule has 1 heterocycles. The molecular weight excluding hydrogens is 265 g/mol. The summed E-state index contributed by atoms with van der Waals surface area (Å²) in [6, 6.07) is 8.71. The molecule has 0 saturated heterocycles. The van der Waals surface area contributed by atoms with Crippen molar-refractivity contribution in [2.24, 2.45) is 5.10 Å². The minimum absolute atomic E-state index is 0.213. The van der Waals surface area contributed by atoms with E-state index in [0.717, 1.165) is 0 Å². The Morgan fingerprint density at radius 1 is 1.28 bits per heavy atom. The van der Waals surface area contributed by atoms with E-state index in [1.54, 1.807) is 30.3 Å². The highest BCUT2D eigenvalue weighted by atomic mass is 32.1. The lowest BCUT2D eigenvalue weighted by Gasteiger charge is -2.03. The molecule has 0 amide bonds. The van der Waals surface area contributed by atoms with Crippen molar-refractivity contribution in [3.05, 3.63) is 46.5 Å². The van der Waals surface area contributed by atoms with Crippen molar-refractivity contribution in [2.45, 2.75) is 6.18 Å². The minimum atomic E-state index is -4.61. The second-order valence-electron chi connectivity index (χ2n) is 3.32. The molecule has 0 spiro atoms. The van der Waals surface area contributed by atoms with Crippen molar-refractivity contribution in [1.29, 1.82) is 0 Å². The van der Waals surface area contributed by atoms with E-state index in [2.05, 4.69) is 27.5 Å². The molecule has 0 aliphatic heterocycles. The maximum atomic E-state index is 12.6. The normalized spacial score (nSPS) is 12.2. The third-order valence-corrected chi connectivity index (χ3v) is 2.29. The maximum absolute atomic E-state index is 12.6. The molecule has 0 aliphatic rings.